The van der Waals surface area contributed by atoms with E-state index < -0.39 is 28.7 Å². The second-order valence-corrected chi connectivity index (χ2v) is 5.89. The molecule has 0 amide bonds. The van der Waals surface area contributed by atoms with Crippen LogP contribution in [-0.2, 0) is 14.9 Å². The van der Waals surface area contributed by atoms with Crippen molar-refractivity contribution in [3.05, 3.63) is 35.1 Å². The molecule has 0 atom stereocenters. The third-order valence-electron chi connectivity index (χ3n) is 4.61. The normalized spacial score (nSPS) is 24.2. The summed E-state index contributed by atoms with van der Waals surface area (Å²) in [5.74, 6) is -4.16. The molecule has 110 valence electrons. The summed E-state index contributed by atoms with van der Waals surface area (Å²) in [6, 6.07) is 2.34. The highest BCUT2D eigenvalue weighted by Crippen LogP contribution is 2.46. The van der Waals surface area contributed by atoms with E-state index in [9.17, 15) is 13.2 Å². The molecule has 1 aromatic rings. The van der Waals surface area contributed by atoms with E-state index in [4.69, 9.17) is 9.47 Å². The molecule has 0 radical (unpaired) electrons. The van der Waals surface area contributed by atoms with Crippen LogP contribution in [-0.4, -0.2) is 19.0 Å². The number of ether oxygens (including phenoxy) is 2. The molecule has 1 spiro atoms. The molecule has 20 heavy (non-hydrogen) atoms. The van der Waals surface area contributed by atoms with Crippen LogP contribution in [0.1, 0.15) is 38.2 Å². The van der Waals surface area contributed by atoms with Crippen LogP contribution in [0.2, 0.25) is 0 Å². The van der Waals surface area contributed by atoms with Crippen molar-refractivity contribution in [2.24, 2.45) is 0 Å². The Balaban J connectivity index is 1.86. The van der Waals surface area contributed by atoms with Crippen LogP contribution < -0.4 is 0 Å². The van der Waals surface area contributed by atoms with E-state index in [0.29, 0.717) is 38.9 Å². The van der Waals surface area contributed by atoms with Crippen LogP contribution in [0.25, 0.3) is 0 Å². The molecule has 1 aliphatic carbocycles. The summed E-state index contributed by atoms with van der Waals surface area (Å²) in [5.41, 5.74) is -0.275. The van der Waals surface area contributed by atoms with Crippen molar-refractivity contribution in [3.63, 3.8) is 0 Å². The maximum absolute atomic E-state index is 14.0. The summed E-state index contributed by atoms with van der Waals surface area (Å²) in [7, 11) is 0. The van der Waals surface area contributed by atoms with Gasteiger partial charge in [-0.1, -0.05) is 13.0 Å². The number of hydrogen-bond donors (Lipinski definition) is 0. The summed E-state index contributed by atoms with van der Waals surface area (Å²) in [6.45, 7) is 3.04. The van der Waals surface area contributed by atoms with E-state index in [-0.39, 0.29) is 5.56 Å². The quantitative estimate of drug-likeness (QED) is 0.733. The average molecular weight is 286 g/mol. The predicted octanol–water partition coefficient (Wildman–Crippen LogP) is 3.68. The SMILES string of the molecule is CC1(c2ccc(F)c(F)c2F)CCC2(CC1)OCCO2. The standard InChI is InChI=1S/C15H17F3O2/c1-14(10-2-3-11(16)13(18)12(10)17)4-6-15(7-5-14)19-8-9-20-15/h2-3H,4-9H2,1H3. The number of rotatable bonds is 1. The molecule has 1 aromatic carbocycles. The highest BCUT2D eigenvalue weighted by molar-refractivity contribution is 5.29. The molecule has 0 N–H and O–H groups in total. The Morgan fingerprint density at radius 2 is 1.50 bits per heavy atom. The average Bonchev–Trinajstić information content (AvgIpc) is 2.89. The highest BCUT2D eigenvalue weighted by atomic mass is 19.2. The summed E-state index contributed by atoms with van der Waals surface area (Å²) in [4.78, 5) is 0. The largest absolute Gasteiger partial charge is 0.348 e. The van der Waals surface area contributed by atoms with Crippen molar-refractivity contribution < 1.29 is 22.6 Å². The first kappa shape index (κ1) is 13.9. The van der Waals surface area contributed by atoms with E-state index in [1.54, 1.807) is 0 Å². The molecule has 0 bridgehead atoms. The molecule has 1 heterocycles. The molecule has 2 aliphatic rings. The summed E-state index contributed by atoms with van der Waals surface area (Å²) >= 11 is 0. The van der Waals surface area contributed by atoms with Gasteiger partial charge in [-0.05, 0) is 29.9 Å². The van der Waals surface area contributed by atoms with Crippen LogP contribution in [0, 0.1) is 17.5 Å². The third kappa shape index (κ3) is 2.13. The first-order chi connectivity index (χ1) is 9.46. The Hall–Kier alpha value is -1.07. The minimum absolute atomic E-state index is 0.240. The minimum atomic E-state index is -1.39. The second kappa shape index (κ2) is 4.74. The molecule has 1 saturated carbocycles. The maximum atomic E-state index is 14.0. The van der Waals surface area contributed by atoms with E-state index in [0.717, 1.165) is 6.07 Å². The van der Waals surface area contributed by atoms with Gasteiger partial charge >= 0.3 is 0 Å². The van der Waals surface area contributed by atoms with Gasteiger partial charge in [0.25, 0.3) is 0 Å². The van der Waals surface area contributed by atoms with E-state index >= 15 is 0 Å². The number of benzene rings is 1. The van der Waals surface area contributed by atoms with E-state index in [1.165, 1.54) is 6.07 Å². The summed E-state index contributed by atoms with van der Waals surface area (Å²) in [5, 5.41) is 0. The zero-order valence-corrected chi connectivity index (χ0v) is 11.3. The Bertz CT molecular complexity index is 514. The molecule has 5 heteroatoms. The Morgan fingerprint density at radius 1 is 0.900 bits per heavy atom. The first-order valence-corrected chi connectivity index (χ1v) is 6.88. The molecule has 2 fully saturated rings. The van der Waals surface area contributed by atoms with Crippen molar-refractivity contribution in [1.29, 1.82) is 0 Å². The molecule has 2 nitrogen and oxygen atoms in total. The molecule has 0 aromatic heterocycles. The molecule has 1 saturated heterocycles. The van der Waals surface area contributed by atoms with Crippen molar-refractivity contribution in [2.45, 2.75) is 43.8 Å². The number of hydrogen-bond acceptors (Lipinski definition) is 2. The molecule has 0 unspecified atom stereocenters. The fourth-order valence-electron chi connectivity index (χ4n) is 3.23. The van der Waals surface area contributed by atoms with Gasteiger partial charge in [0.2, 0.25) is 0 Å². The van der Waals surface area contributed by atoms with Crippen LogP contribution in [0.5, 0.6) is 0 Å². The lowest BCUT2D eigenvalue weighted by atomic mass is 9.69. The van der Waals surface area contributed by atoms with Crippen LogP contribution in [0.3, 0.4) is 0 Å². The van der Waals surface area contributed by atoms with Gasteiger partial charge in [0.15, 0.2) is 23.2 Å². The van der Waals surface area contributed by atoms with Crippen molar-refractivity contribution in [3.8, 4) is 0 Å². The second-order valence-electron chi connectivity index (χ2n) is 5.89. The lowest BCUT2D eigenvalue weighted by molar-refractivity contribution is -0.184. The first-order valence-electron chi connectivity index (χ1n) is 6.88. The zero-order chi connectivity index (χ0) is 14.4. The number of halogens is 3. The smallest absolute Gasteiger partial charge is 0.194 e. The topological polar surface area (TPSA) is 18.5 Å². The van der Waals surface area contributed by atoms with E-state index in [2.05, 4.69) is 0 Å². The van der Waals surface area contributed by atoms with Crippen LogP contribution >= 0.6 is 0 Å². The molecule has 1 aliphatic heterocycles. The van der Waals surface area contributed by atoms with Gasteiger partial charge in [-0.25, -0.2) is 13.2 Å². The van der Waals surface area contributed by atoms with Crippen LogP contribution in [0.4, 0.5) is 13.2 Å². The monoisotopic (exact) mass is 286 g/mol. The Labute approximate surface area is 115 Å². The van der Waals surface area contributed by atoms with Gasteiger partial charge in [-0.3, -0.25) is 0 Å². The van der Waals surface area contributed by atoms with Gasteiger partial charge in [-0.15, -0.1) is 0 Å². The Kier molecular flexibility index (Phi) is 3.29. The third-order valence-corrected chi connectivity index (χ3v) is 4.61. The van der Waals surface area contributed by atoms with Crippen molar-refractivity contribution >= 4 is 0 Å². The maximum Gasteiger partial charge on any atom is 0.194 e. The lowest BCUT2D eigenvalue weighted by Gasteiger charge is -2.42. The van der Waals surface area contributed by atoms with Gasteiger partial charge in [0.05, 0.1) is 13.2 Å². The molecular weight excluding hydrogens is 269 g/mol. The van der Waals surface area contributed by atoms with Gasteiger partial charge in [0.1, 0.15) is 0 Å². The minimum Gasteiger partial charge on any atom is -0.348 e. The fourth-order valence-corrected chi connectivity index (χ4v) is 3.23. The fraction of sp³-hybridized carbons (Fsp3) is 0.600. The zero-order valence-electron chi connectivity index (χ0n) is 11.3. The van der Waals surface area contributed by atoms with E-state index in [1.807, 2.05) is 6.92 Å². The summed E-state index contributed by atoms with van der Waals surface area (Å²) < 4.78 is 51.7. The Morgan fingerprint density at radius 3 is 2.10 bits per heavy atom. The van der Waals surface area contributed by atoms with Gasteiger partial charge in [0, 0.05) is 12.8 Å². The van der Waals surface area contributed by atoms with Crippen LogP contribution in [0.15, 0.2) is 12.1 Å². The molecular formula is C15H17F3O2. The van der Waals surface area contributed by atoms with Crippen molar-refractivity contribution in [1.82, 2.24) is 0 Å². The van der Waals surface area contributed by atoms with Gasteiger partial charge < -0.3 is 9.47 Å². The predicted molar refractivity (Wildman–Crippen MR) is 66.8 cm³/mol. The highest BCUT2D eigenvalue weighted by Gasteiger charge is 2.46. The summed E-state index contributed by atoms with van der Waals surface area (Å²) in [6.07, 6.45) is 2.52. The van der Waals surface area contributed by atoms with Crippen molar-refractivity contribution in [2.75, 3.05) is 13.2 Å². The lowest BCUT2D eigenvalue weighted by Crippen LogP contribution is -2.41. The molecule has 3 rings (SSSR count). The van der Waals surface area contributed by atoms with Gasteiger partial charge in [-0.2, -0.15) is 0 Å².